The van der Waals surface area contributed by atoms with Crippen molar-refractivity contribution in [2.75, 3.05) is 27.2 Å². The molecule has 2 aromatic carbocycles. The quantitative estimate of drug-likeness (QED) is 0.0621. The van der Waals surface area contributed by atoms with Crippen LogP contribution in [-0.4, -0.2) is 151 Å². The topological polar surface area (TPSA) is 261 Å². The lowest BCUT2D eigenvalue weighted by Gasteiger charge is -2.33. The van der Waals surface area contributed by atoms with Gasteiger partial charge in [-0.3, -0.25) is 38.1 Å². The molecule has 8 rings (SSSR count). The minimum atomic E-state index is -1.08. The number of rotatable bonds is 23. The molecular formula is C54H76N14O8. The summed E-state index contributed by atoms with van der Waals surface area (Å²) in [4.78, 5) is 86.0. The number of amides is 6. The molecule has 22 heteroatoms. The number of aromatic nitrogens is 6. The summed E-state index contributed by atoms with van der Waals surface area (Å²) in [5.41, 5.74) is 5.68. The first kappa shape index (κ1) is 55.6. The van der Waals surface area contributed by atoms with Crippen molar-refractivity contribution >= 4 is 35.4 Å². The molecule has 6 amide bonds. The molecular weight excluding hydrogens is 973 g/mol. The number of aryl methyl sites for hydroxylation is 4. The number of benzene rings is 2. The van der Waals surface area contributed by atoms with Gasteiger partial charge in [-0.25, -0.2) is 0 Å². The summed E-state index contributed by atoms with van der Waals surface area (Å²) in [6.07, 6.45) is 9.70. The fraction of sp³-hybridized carbons (Fsp3) is 0.593. The van der Waals surface area contributed by atoms with Crippen LogP contribution in [0.2, 0.25) is 0 Å². The van der Waals surface area contributed by atoms with Crippen LogP contribution >= 0.6 is 0 Å². The van der Waals surface area contributed by atoms with Crippen LogP contribution in [0.5, 0.6) is 0 Å². The minimum absolute atomic E-state index is 0.00464. The van der Waals surface area contributed by atoms with Gasteiger partial charge in [0.15, 0.2) is 0 Å². The van der Waals surface area contributed by atoms with Crippen LogP contribution in [-0.2, 0) is 77.4 Å². The number of hydrogen-bond donors (Lipinski definition) is 6. The van der Waals surface area contributed by atoms with Crippen LogP contribution in [0.4, 0.5) is 0 Å². The van der Waals surface area contributed by atoms with Crippen molar-refractivity contribution in [3.8, 4) is 0 Å². The second kappa shape index (κ2) is 25.9. The third-order valence-electron chi connectivity index (χ3n) is 15.5. The molecule has 0 bridgehead atoms. The SMILES string of the molecule is CN[C@@H](C)C(=O)NC(C(=O)N1CCC[C@H]1C(=O)NC1CCCc2ccccc21)[C@@H](C)OCc1cn(CCn2cc(CO[C@H](C)[C@H](NC(=O)[C@H](C)NC)C(=O)N3CCC[C@H]3C(=O)N[C@@H]3CCCc4ccccc43)nn2)nn1. The van der Waals surface area contributed by atoms with Gasteiger partial charge in [0.2, 0.25) is 35.4 Å². The van der Waals surface area contributed by atoms with E-state index in [-0.39, 0.29) is 60.7 Å². The van der Waals surface area contributed by atoms with Crippen LogP contribution in [0.15, 0.2) is 60.9 Å². The third kappa shape index (κ3) is 13.5. The van der Waals surface area contributed by atoms with Crippen LogP contribution in [0.1, 0.15) is 125 Å². The molecule has 76 heavy (non-hydrogen) atoms. The zero-order valence-corrected chi connectivity index (χ0v) is 44.7. The number of carbonyl (C=O) groups is 6. The first-order chi connectivity index (χ1) is 36.7. The second-order valence-corrected chi connectivity index (χ2v) is 20.7. The van der Waals surface area contributed by atoms with Gasteiger partial charge in [0.25, 0.3) is 0 Å². The minimum Gasteiger partial charge on any atom is -0.369 e. The highest BCUT2D eigenvalue weighted by atomic mass is 16.5. The maximum atomic E-state index is 14.4. The Morgan fingerprint density at radius 1 is 0.579 bits per heavy atom. The molecule has 2 fully saturated rings. The van der Waals surface area contributed by atoms with Crippen molar-refractivity contribution in [2.45, 2.75) is 179 Å². The molecule has 2 aliphatic heterocycles. The third-order valence-corrected chi connectivity index (χ3v) is 15.5. The van der Waals surface area contributed by atoms with E-state index >= 15 is 0 Å². The normalized spacial score (nSPS) is 21.6. The van der Waals surface area contributed by atoms with Gasteiger partial charge in [-0.1, -0.05) is 59.0 Å². The first-order valence-electron chi connectivity index (χ1n) is 27.1. The Morgan fingerprint density at radius 3 is 1.39 bits per heavy atom. The lowest BCUT2D eigenvalue weighted by molar-refractivity contribution is -0.145. The standard InChI is InChI=1S/C54H76N14O8/c1-33(55-5)49(69)59-47(53(73)67-25-13-23-45(67)51(71)57-43-21-11-17-37-15-7-9-19-41(37)43)35(3)75-31-39-29-65(63-61-39)27-28-66-30-40(62-64-66)32-76-36(4)48(60-50(70)34(2)56-6)54(74)68-26-14-24-46(68)52(72)58-44-22-12-18-38-16-8-10-20-42(38)44/h7-10,15-16,19-20,29-30,33-36,43-48,55-56H,11-14,17-18,21-28,31-32H2,1-6H3,(H,57,71)(H,58,72)(H,59,69)(H,60,70)/t33-,34-,35+,36+,43+,44?,45-,46-,47-,48?/m0/s1. The lowest BCUT2D eigenvalue weighted by Crippen LogP contribution is -2.59. The molecule has 22 nitrogen and oxygen atoms in total. The number of likely N-dealkylation sites (tertiary alicyclic amines) is 2. The first-order valence-corrected chi connectivity index (χ1v) is 27.1. The van der Waals surface area contributed by atoms with E-state index in [1.807, 2.05) is 24.3 Å². The van der Waals surface area contributed by atoms with Gasteiger partial charge in [-0.05, 0) is 128 Å². The Morgan fingerprint density at radius 2 is 0.987 bits per heavy atom. The summed E-state index contributed by atoms with van der Waals surface area (Å²) in [5.74, 6) is -1.94. The highest BCUT2D eigenvalue weighted by Gasteiger charge is 2.43. The average molecular weight is 1050 g/mol. The Labute approximate surface area is 444 Å². The summed E-state index contributed by atoms with van der Waals surface area (Å²) >= 11 is 0. The van der Waals surface area contributed by atoms with Gasteiger partial charge >= 0.3 is 0 Å². The fourth-order valence-electron chi connectivity index (χ4n) is 10.7. The molecule has 0 radical (unpaired) electrons. The number of fused-ring (bicyclic) bond motifs is 2. The highest BCUT2D eigenvalue weighted by molar-refractivity contribution is 5.95. The Kier molecular flexibility index (Phi) is 19.0. The van der Waals surface area contributed by atoms with Gasteiger partial charge in [0.05, 0.1) is 75.1 Å². The van der Waals surface area contributed by atoms with Crippen molar-refractivity contribution in [1.29, 1.82) is 0 Å². The predicted octanol–water partition coefficient (Wildman–Crippen LogP) is 1.94. The number of hydrogen-bond acceptors (Lipinski definition) is 14. The Hall–Kier alpha value is -6.62. The molecule has 2 aromatic heterocycles. The number of nitrogens with one attached hydrogen (secondary N) is 6. The predicted molar refractivity (Wildman–Crippen MR) is 279 cm³/mol. The summed E-state index contributed by atoms with van der Waals surface area (Å²) in [7, 11) is 3.32. The van der Waals surface area contributed by atoms with Crippen molar-refractivity contribution in [3.63, 3.8) is 0 Å². The van der Waals surface area contributed by atoms with Gasteiger partial charge in [0.1, 0.15) is 35.6 Å². The van der Waals surface area contributed by atoms with Crippen molar-refractivity contribution < 1.29 is 38.2 Å². The largest absolute Gasteiger partial charge is 0.369 e. The van der Waals surface area contributed by atoms with Gasteiger partial charge in [0, 0.05) is 13.1 Å². The van der Waals surface area contributed by atoms with Gasteiger partial charge in [-0.15, -0.1) is 10.2 Å². The van der Waals surface area contributed by atoms with Crippen molar-refractivity contribution in [3.05, 3.63) is 94.6 Å². The molecule has 4 aromatic rings. The smallest absolute Gasteiger partial charge is 0.248 e. The fourth-order valence-corrected chi connectivity index (χ4v) is 10.7. The molecule has 2 unspecified atom stereocenters. The van der Waals surface area contributed by atoms with E-state index < -0.39 is 48.5 Å². The molecule has 4 heterocycles. The second-order valence-electron chi connectivity index (χ2n) is 20.7. The van der Waals surface area contributed by atoms with E-state index in [1.165, 1.54) is 11.1 Å². The van der Waals surface area contributed by atoms with E-state index in [0.717, 1.165) is 49.7 Å². The van der Waals surface area contributed by atoms with Crippen LogP contribution < -0.4 is 31.9 Å². The Bertz CT molecular complexity index is 2480. The van der Waals surface area contributed by atoms with Crippen LogP contribution in [0, 0.1) is 0 Å². The summed E-state index contributed by atoms with van der Waals surface area (Å²) in [5, 5.41) is 35.1. The van der Waals surface area contributed by atoms with E-state index in [4.69, 9.17) is 9.47 Å². The van der Waals surface area contributed by atoms with Crippen LogP contribution in [0.3, 0.4) is 0 Å². The van der Waals surface area contributed by atoms with E-state index in [0.29, 0.717) is 63.3 Å². The molecule has 4 aliphatic rings. The van der Waals surface area contributed by atoms with E-state index in [9.17, 15) is 28.8 Å². The zero-order chi connectivity index (χ0) is 53.9. The molecule has 0 saturated carbocycles. The molecule has 10 atom stereocenters. The Balaban J connectivity index is 0.837. The summed E-state index contributed by atoms with van der Waals surface area (Å²) < 4.78 is 15.7. The molecule has 2 saturated heterocycles. The van der Waals surface area contributed by atoms with Gasteiger partial charge in [-0.2, -0.15) is 0 Å². The lowest BCUT2D eigenvalue weighted by atomic mass is 9.87. The van der Waals surface area contributed by atoms with Crippen molar-refractivity contribution in [1.82, 2.24) is 71.7 Å². The van der Waals surface area contributed by atoms with Crippen molar-refractivity contribution in [2.24, 2.45) is 0 Å². The number of nitrogens with zero attached hydrogens (tertiary/aromatic N) is 8. The molecule has 0 spiro atoms. The number of carbonyl (C=O) groups excluding carboxylic acids is 6. The maximum absolute atomic E-state index is 14.4. The molecule has 2 aliphatic carbocycles. The van der Waals surface area contributed by atoms with Gasteiger partial charge < -0.3 is 51.2 Å². The van der Waals surface area contributed by atoms with E-state index in [2.05, 4.69) is 76.8 Å². The number of likely N-dealkylation sites (N-methyl/N-ethyl adjacent to an activating group) is 2. The summed E-state index contributed by atoms with van der Waals surface area (Å²) in [6.45, 7) is 8.32. The zero-order valence-electron chi connectivity index (χ0n) is 44.7. The average Bonchev–Trinajstić information content (AvgIpc) is 4.30. The summed E-state index contributed by atoms with van der Waals surface area (Å²) in [6, 6.07) is 11.4. The highest BCUT2D eigenvalue weighted by Crippen LogP contribution is 2.32. The van der Waals surface area contributed by atoms with Crippen LogP contribution in [0.25, 0.3) is 0 Å². The number of ether oxygens (including phenoxy) is 2. The maximum Gasteiger partial charge on any atom is 0.248 e. The van der Waals surface area contributed by atoms with E-state index in [1.54, 1.807) is 73.3 Å². The monoisotopic (exact) mass is 1050 g/mol. The molecule has 410 valence electrons. The molecule has 6 N–H and O–H groups in total.